The highest BCUT2D eigenvalue weighted by Crippen LogP contribution is 2.33. The summed E-state index contributed by atoms with van der Waals surface area (Å²) in [5.74, 6) is 0.651. The summed E-state index contributed by atoms with van der Waals surface area (Å²) in [6, 6.07) is 16.6. The van der Waals surface area contributed by atoms with Gasteiger partial charge in [-0.25, -0.2) is 0 Å². The predicted molar refractivity (Wildman–Crippen MR) is 99.4 cm³/mol. The molecule has 4 rings (SSSR count). The quantitative estimate of drug-likeness (QED) is 0.651. The van der Waals surface area contributed by atoms with Crippen LogP contribution >= 0.6 is 23.4 Å². The highest BCUT2D eigenvalue weighted by molar-refractivity contribution is 8.01. The normalized spacial score (nSPS) is 16.2. The highest BCUT2D eigenvalue weighted by atomic mass is 35.5. The van der Waals surface area contributed by atoms with Crippen molar-refractivity contribution in [2.45, 2.75) is 17.3 Å². The van der Waals surface area contributed by atoms with Gasteiger partial charge in [-0.15, -0.1) is 10.2 Å². The van der Waals surface area contributed by atoms with Crippen molar-refractivity contribution in [2.75, 3.05) is 0 Å². The van der Waals surface area contributed by atoms with Crippen LogP contribution in [0.5, 0.6) is 0 Å². The Bertz CT molecular complexity index is 967. The van der Waals surface area contributed by atoms with Crippen LogP contribution in [0.3, 0.4) is 0 Å². The molecule has 1 aromatic heterocycles. The third-order valence-electron chi connectivity index (χ3n) is 3.87. The molecule has 7 heteroatoms. The number of halogens is 1. The summed E-state index contributed by atoms with van der Waals surface area (Å²) >= 11 is 7.31. The fourth-order valence-electron chi connectivity index (χ4n) is 2.61. The first-order chi connectivity index (χ1) is 12.1. The van der Waals surface area contributed by atoms with E-state index >= 15 is 0 Å². The number of carbonyl (C=O) groups excluding carboxylic acids is 1. The summed E-state index contributed by atoms with van der Waals surface area (Å²) < 4.78 is 1.68. The van der Waals surface area contributed by atoms with Crippen LogP contribution in [0.1, 0.15) is 17.3 Å². The molecule has 0 saturated carbocycles. The van der Waals surface area contributed by atoms with Crippen molar-refractivity contribution in [3.8, 4) is 11.4 Å². The Kier molecular flexibility index (Phi) is 4.15. The van der Waals surface area contributed by atoms with E-state index in [0.717, 1.165) is 11.3 Å². The minimum atomic E-state index is -0.392. The molecule has 0 spiro atoms. The summed E-state index contributed by atoms with van der Waals surface area (Å²) in [5, 5.41) is 13.9. The van der Waals surface area contributed by atoms with Crippen LogP contribution in [0.2, 0.25) is 5.02 Å². The van der Waals surface area contributed by atoms with Crippen LogP contribution in [-0.2, 0) is 0 Å². The van der Waals surface area contributed by atoms with Crippen LogP contribution in [0, 0.1) is 0 Å². The molecule has 0 radical (unpaired) electrons. The topological polar surface area (TPSA) is 60.1 Å². The Labute approximate surface area is 153 Å². The molecular formula is C18H13ClN4OS. The molecule has 25 heavy (non-hydrogen) atoms. The molecular weight excluding hydrogens is 356 g/mol. The fourth-order valence-corrected chi connectivity index (χ4v) is 3.72. The molecule has 1 aliphatic rings. The lowest BCUT2D eigenvalue weighted by molar-refractivity contribution is 0.100. The lowest BCUT2D eigenvalue weighted by atomic mass is 10.1. The zero-order valence-electron chi connectivity index (χ0n) is 13.3. The Balaban J connectivity index is 1.68. The Morgan fingerprint density at radius 1 is 1.08 bits per heavy atom. The SMILES string of the molecule is CC1=Nn2c(nnc2-c2ccc(Cl)cc2)SC1C(=O)c1ccccc1. The molecule has 2 aromatic carbocycles. The maximum atomic E-state index is 12.8. The molecule has 3 aromatic rings. The highest BCUT2D eigenvalue weighted by Gasteiger charge is 2.31. The number of hydrogen-bond acceptors (Lipinski definition) is 5. The van der Waals surface area contributed by atoms with Gasteiger partial charge >= 0.3 is 0 Å². The summed E-state index contributed by atoms with van der Waals surface area (Å²) in [7, 11) is 0. The largest absolute Gasteiger partial charge is 0.292 e. The maximum Gasteiger partial charge on any atom is 0.213 e. The lowest BCUT2D eigenvalue weighted by Crippen LogP contribution is -2.29. The monoisotopic (exact) mass is 368 g/mol. The molecule has 1 unspecified atom stereocenters. The second-order valence-corrected chi connectivity index (χ2v) is 7.10. The van der Waals surface area contributed by atoms with Gasteiger partial charge in [-0.2, -0.15) is 9.78 Å². The minimum Gasteiger partial charge on any atom is -0.292 e. The molecule has 1 aliphatic heterocycles. The second-order valence-electron chi connectivity index (χ2n) is 5.59. The first kappa shape index (κ1) is 16.1. The van der Waals surface area contributed by atoms with E-state index < -0.39 is 5.25 Å². The van der Waals surface area contributed by atoms with E-state index in [2.05, 4.69) is 15.3 Å². The first-order valence-electron chi connectivity index (χ1n) is 7.66. The number of fused-ring (bicyclic) bond motifs is 1. The number of carbonyl (C=O) groups is 1. The van der Waals surface area contributed by atoms with Crippen molar-refractivity contribution < 1.29 is 4.79 Å². The van der Waals surface area contributed by atoms with Gasteiger partial charge in [-0.05, 0) is 31.2 Å². The fraction of sp³-hybridized carbons (Fsp3) is 0.111. The van der Waals surface area contributed by atoms with Gasteiger partial charge in [-0.1, -0.05) is 53.7 Å². The average Bonchev–Trinajstić information content (AvgIpc) is 3.04. The van der Waals surface area contributed by atoms with Gasteiger partial charge in [0.1, 0.15) is 5.25 Å². The first-order valence-corrected chi connectivity index (χ1v) is 8.92. The van der Waals surface area contributed by atoms with Gasteiger partial charge in [-0.3, -0.25) is 4.79 Å². The zero-order chi connectivity index (χ0) is 17.4. The van der Waals surface area contributed by atoms with Gasteiger partial charge in [0, 0.05) is 16.1 Å². The van der Waals surface area contributed by atoms with Gasteiger partial charge in [0.15, 0.2) is 11.6 Å². The molecule has 124 valence electrons. The number of Topliss-reactive ketones (excluding diaryl/α,β-unsaturated/α-hetero) is 1. The summed E-state index contributed by atoms with van der Waals surface area (Å²) in [6.07, 6.45) is 0. The number of benzene rings is 2. The van der Waals surface area contributed by atoms with Gasteiger partial charge in [0.25, 0.3) is 0 Å². The lowest BCUT2D eigenvalue weighted by Gasteiger charge is -2.19. The second kappa shape index (κ2) is 6.46. The van der Waals surface area contributed by atoms with Gasteiger partial charge < -0.3 is 0 Å². The molecule has 0 fully saturated rings. The molecule has 0 amide bonds. The number of nitrogens with zero attached hydrogens (tertiary/aromatic N) is 4. The van der Waals surface area contributed by atoms with Crippen LogP contribution in [0.4, 0.5) is 0 Å². The van der Waals surface area contributed by atoms with E-state index in [4.69, 9.17) is 11.6 Å². The van der Waals surface area contributed by atoms with Crippen LogP contribution in [0.15, 0.2) is 64.9 Å². The molecule has 0 aliphatic carbocycles. The third kappa shape index (κ3) is 2.99. The Morgan fingerprint density at radius 2 is 1.80 bits per heavy atom. The van der Waals surface area contributed by atoms with Crippen LogP contribution < -0.4 is 0 Å². The Morgan fingerprint density at radius 3 is 2.52 bits per heavy atom. The molecule has 0 bridgehead atoms. The third-order valence-corrected chi connectivity index (χ3v) is 5.38. The van der Waals surface area contributed by atoms with Crippen LogP contribution in [-0.4, -0.2) is 31.6 Å². The smallest absolute Gasteiger partial charge is 0.213 e. The van der Waals surface area contributed by atoms with E-state index in [-0.39, 0.29) is 5.78 Å². The summed E-state index contributed by atoms with van der Waals surface area (Å²) in [6.45, 7) is 1.85. The zero-order valence-corrected chi connectivity index (χ0v) is 14.8. The number of thioether (sulfide) groups is 1. The van der Waals surface area contributed by atoms with Gasteiger partial charge in [0.05, 0.1) is 5.71 Å². The predicted octanol–water partition coefficient (Wildman–Crippen LogP) is 4.18. The van der Waals surface area contributed by atoms with E-state index in [1.54, 1.807) is 16.8 Å². The molecule has 1 atom stereocenters. The number of ketones is 1. The Hall–Kier alpha value is -2.44. The molecule has 5 nitrogen and oxygen atoms in total. The van der Waals surface area contributed by atoms with Crippen LogP contribution in [0.25, 0.3) is 11.4 Å². The van der Waals surface area contributed by atoms with E-state index in [0.29, 0.717) is 21.6 Å². The number of aromatic nitrogens is 3. The van der Waals surface area contributed by atoms with Gasteiger partial charge in [0.2, 0.25) is 5.16 Å². The standard InChI is InChI=1S/C18H13ClN4OS/c1-11-16(15(24)12-5-3-2-4-6-12)25-18-21-20-17(23(18)22-11)13-7-9-14(19)10-8-13/h2-10,16H,1H3. The minimum absolute atomic E-state index is 0.0224. The van der Waals surface area contributed by atoms with Crippen molar-refractivity contribution in [2.24, 2.45) is 5.10 Å². The van der Waals surface area contributed by atoms with E-state index in [1.807, 2.05) is 49.4 Å². The van der Waals surface area contributed by atoms with Crippen molar-refractivity contribution >= 4 is 34.9 Å². The van der Waals surface area contributed by atoms with Crippen molar-refractivity contribution in [1.29, 1.82) is 0 Å². The van der Waals surface area contributed by atoms with Crippen molar-refractivity contribution in [3.63, 3.8) is 0 Å². The number of hydrogen-bond donors (Lipinski definition) is 0. The molecule has 2 heterocycles. The van der Waals surface area contributed by atoms with E-state index in [1.165, 1.54) is 11.8 Å². The average molecular weight is 369 g/mol. The molecule has 0 saturated heterocycles. The molecule has 0 N–H and O–H groups in total. The number of rotatable bonds is 3. The maximum absolute atomic E-state index is 12.8. The summed E-state index contributed by atoms with van der Waals surface area (Å²) in [4.78, 5) is 12.8. The van der Waals surface area contributed by atoms with E-state index in [9.17, 15) is 4.79 Å². The van der Waals surface area contributed by atoms with Crippen molar-refractivity contribution in [1.82, 2.24) is 14.9 Å². The summed E-state index contributed by atoms with van der Waals surface area (Å²) in [5.41, 5.74) is 2.26. The van der Waals surface area contributed by atoms with Crippen molar-refractivity contribution in [3.05, 3.63) is 65.2 Å².